The van der Waals surface area contributed by atoms with E-state index in [2.05, 4.69) is 9.62 Å². The second-order valence-electron chi connectivity index (χ2n) is 6.71. The SMILES string of the molecule is O=[N+]([O-])c1ccc(CS(=O)(=O)NCc2cccc(CN3CCOCC3)c2)cc1. The van der Waals surface area contributed by atoms with E-state index < -0.39 is 14.9 Å². The Balaban J connectivity index is 1.56. The fourth-order valence-corrected chi connectivity index (χ4v) is 4.15. The quantitative estimate of drug-likeness (QED) is 0.533. The van der Waals surface area contributed by atoms with Gasteiger partial charge in [-0.05, 0) is 16.7 Å². The molecule has 0 bridgehead atoms. The molecule has 0 unspecified atom stereocenters. The number of sulfonamides is 1. The summed E-state index contributed by atoms with van der Waals surface area (Å²) < 4.78 is 32.6. The summed E-state index contributed by atoms with van der Waals surface area (Å²) in [5.74, 6) is -0.224. The first-order valence-electron chi connectivity index (χ1n) is 9.00. The minimum Gasteiger partial charge on any atom is -0.379 e. The lowest BCUT2D eigenvalue weighted by Gasteiger charge is -2.26. The fourth-order valence-electron chi connectivity index (χ4n) is 3.03. The molecule has 2 aromatic carbocycles. The van der Waals surface area contributed by atoms with Crippen molar-refractivity contribution < 1.29 is 18.1 Å². The summed E-state index contributed by atoms with van der Waals surface area (Å²) in [6, 6.07) is 13.4. The van der Waals surface area contributed by atoms with Crippen molar-refractivity contribution in [3.05, 3.63) is 75.3 Å². The van der Waals surface area contributed by atoms with Crippen LogP contribution < -0.4 is 4.72 Å². The maximum atomic E-state index is 12.3. The van der Waals surface area contributed by atoms with Crippen LogP contribution in [0.1, 0.15) is 16.7 Å². The minimum absolute atomic E-state index is 0.0637. The number of nitro benzene ring substituents is 1. The van der Waals surface area contributed by atoms with E-state index in [0.717, 1.165) is 44.0 Å². The minimum atomic E-state index is -3.55. The lowest BCUT2D eigenvalue weighted by atomic mass is 10.1. The number of nitrogens with zero attached hydrogens (tertiary/aromatic N) is 2. The first-order chi connectivity index (χ1) is 13.4. The lowest BCUT2D eigenvalue weighted by Crippen LogP contribution is -2.35. The average molecular weight is 405 g/mol. The second kappa shape index (κ2) is 9.24. The summed E-state index contributed by atoms with van der Waals surface area (Å²) in [7, 11) is -3.55. The van der Waals surface area contributed by atoms with Gasteiger partial charge < -0.3 is 4.74 Å². The lowest BCUT2D eigenvalue weighted by molar-refractivity contribution is -0.384. The van der Waals surface area contributed by atoms with E-state index in [0.29, 0.717) is 5.56 Å². The summed E-state index contributed by atoms with van der Waals surface area (Å²) >= 11 is 0. The Kier molecular flexibility index (Phi) is 6.74. The van der Waals surface area contributed by atoms with Crippen LogP contribution in [0.5, 0.6) is 0 Å². The van der Waals surface area contributed by atoms with E-state index >= 15 is 0 Å². The third-order valence-corrected chi connectivity index (χ3v) is 5.80. The van der Waals surface area contributed by atoms with Crippen LogP contribution in [-0.4, -0.2) is 44.5 Å². The molecule has 0 aromatic heterocycles. The number of morpholine rings is 1. The first kappa shape index (κ1) is 20.4. The molecule has 2 aromatic rings. The monoisotopic (exact) mass is 405 g/mol. The van der Waals surface area contributed by atoms with Crippen molar-refractivity contribution in [3.8, 4) is 0 Å². The van der Waals surface area contributed by atoms with Crippen molar-refractivity contribution in [3.63, 3.8) is 0 Å². The smallest absolute Gasteiger partial charge is 0.269 e. The number of hydrogen-bond acceptors (Lipinski definition) is 6. The normalized spacial score (nSPS) is 15.4. The van der Waals surface area contributed by atoms with Gasteiger partial charge in [0.15, 0.2) is 0 Å². The van der Waals surface area contributed by atoms with E-state index in [9.17, 15) is 18.5 Å². The highest BCUT2D eigenvalue weighted by molar-refractivity contribution is 7.88. The predicted molar refractivity (Wildman–Crippen MR) is 105 cm³/mol. The summed E-state index contributed by atoms with van der Waals surface area (Å²) in [6.45, 7) is 4.28. The molecule has 0 amide bonds. The Hall–Kier alpha value is -2.33. The molecule has 1 saturated heterocycles. The number of hydrogen-bond donors (Lipinski definition) is 1. The molecular weight excluding hydrogens is 382 g/mol. The van der Waals surface area contributed by atoms with Crippen LogP contribution in [0.3, 0.4) is 0 Å². The Morgan fingerprint density at radius 2 is 1.71 bits per heavy atom. The first-order valence-corrected chi connectivity index (χ1v) is 10.7. The van der Waals surface area contributed by atoms with Crippen LogP contribution in [0, 0.1) is 10.1 Å². The Bertz CT molecular complexity index is 909. The Morgan fingerprint density at radius 1 is 1.04 bits per heavy atom. The summed E-state index contributed by atoms with van der Waals surface area (Å²) in [6.07, 6.45) is 0. The van der Waals surface area contributed by atoms with Gasteiger partial charge in [-0.1, -0.05) is 36.4 Å². The number of nitro groups is 1. The van der Waals surface area contributed by atoms with E-state index in [1.54, 1.807) is 0 Å². The molecule has 3 rings (SSSR count). The van der Waals surface area contributed by atoms with Crippen molar-refractivity contribution in [2.75, 3.05) is 26.3 Å². The van der Waals surface area contributed by atoms with Crippen LogP contribution in [0.25, 0.3) is 0 Å². The number of rotatable bonds is 8. The molecule has 0 saturated carbocycles. The van der Waals surface area contributed by atoms with Crippen molar-refractivity contribution in [2.24, 2.45) is 0 Å². The van der Waals surface area contributed by atoms with Gasteiger partial charge in [-0.2, -0.15) is 0 Å². The molecule has 0 atom stereocenters. The molecule has 28 heavy (non-hydrogen) atoms. The van der Waals surface area contributed by atoms with Crippen LogP contribution in [-0.2, 0) is 33.6 Å². The topological polar surface area (TPSA) is 102 Å². The Labute approximate surface area is 164 Å². The van der Waals surface area contributed by atoms with E-state index in [1.807, 2.05) is 24.3 Å². The van der Waals surface area contributed by atoms with Crippen molar-refractivity contribution >= 4 is 15.7 Å². The predicted octanol–water partition coefficient (Wildman–Crippen LogP) is 2.05. The van der Waals surface area contributed by atoms with Crippen molar-refractivity contribution in [1.29, 1.82) is 0 Å². The van der Waals surface area contributed by atoms with Gasteiger partial charge in [0.25, 0.3) is 5.69 Å². The molecule has 1 fully saturated rings. The van der Waals surface area contributed by atoms with E-state index in [1.165, 1.54) is 24.3 Å². The molecule has 8 nitrogen and oxygen atoms in total. The number of benzene rings is 2. The maximum Gasteiger partial charge on any atom is 0.269 e. The van der Waals surface area contributed by atoms with Crippen molar-refractivity contribution in [1.82, 2.24) is 9.62 Å². The number of non-ortho nitro benzene ring substituents is 1. The molecule has 9 heteroatoms. The van der Waals surface area contributed by atoms with Gasteiger partial charge in [-0.3, -0.25) is 15.0 Å². The molecule has 0 spiro atoms. The molecule has 1 aliphatic rings. The second-order valence-corrected chi connectivity index (χ2v) is 8.52. The highest BCUT2D eigenvalue weighted by atomic mass is 32.2. The van der Waals surface area contributed by atoms with Gasteiger partial charge in [-0.15, -0.1) is 0 Å². The standard InChI is InChI=1S/C19H23N3O5S/c23-22(24)19-6-4-16(5-7-19)15-28(25,26)20-13-17-2-1-3-18(12-17)14-21-8-10-27-11-9-21/h1-7,12,20H,8-11,13-15H2. The highest BCUT2D eigenvalue weighted by Gasteiger charge is 2.14. The van der Waals surface area contributed by atoms with Gasteiger partial charge >= 0.3 is 0 Å². The average Bonchev–Trinajstić information content (AvgIpc) is 2.68. The fraction of sp³-hybridized carbons (Fsp3) is 0.368. The van der Waals surface area contributed by atoms with Crippen LogP contribution in [0.2, 0.25) is 0 Å². The molecule has 0 aliphatic carbocycles. The van der Waals surface area contributed by atoms with Crippen LogP contribution in [0.15, 0.2) is 48.5 Å². The molecule has 1 heterocycles. The zero-order valence-corrected chi connectivity index (χ0v) is 16.2. The van der Waals surface area contributed by atoms with E-state index in [4.69, 9.17) is 4.74 Å². The third kappa shape index (κ3) is 6.10. The molecule has 1 aliphatic heterocycles. The molecule has 150 valence electrons. The van der Waals surface area contributed by atoms with Crippen molar-refractivity contribution in [2.45, 2.75) is 18.8 Å². The number of nitrogens with one attached hydrogen (secondary N) is 1. The van der Waals surface area contributed by atoms with Crippen LogP contribution in [0.4, 0.5) is 5.69 Å². The summed E-state index contributed by atoms with van der Waals surface area (Å²) in [5, 5.41) is 10.7. The van der Waals surface area contributed by atoms with Gasteiger partial charge in [0.2, 0.25) is 10.0 Å². The largest absolute Gasteiger partial charge is 0.379 e. The number of ether oxygens (including phenoxy) is 1. The van der Waals surface area contributed by atoms with E-state index in [-0.39, 0.29) is 18.0 Å². The maximum absolute atomic E-state index is 12.3. The zero-order valence-electron chi connectivity index (χ0n) is 15.4. The zero-order chi connectivity index (χ0) is 20.0. The van der Waals surface area contributed by atoms with Gasteiger partial charge in [0.05, 0.1) is 23.9 Å². The third-order valence-electron chi connectivity index (χ3n) is 4.50. The summed E-state index contributed by atoms with van der Waals surface area (Å²) in [5.41, 5.74) is 2.46. The Morgan fingerprint density at radius 3 is 2.39 bits per heavy atom. The highest BCUT2D eigenvalue weighted by Crippen LogP contribution is 2.14. The van der Waals surface area contributed by atoms with Gasteiger partial charge in [0.1, 0.15) is 0 Å². The van der Waals surface area contributed by atoms with Gasteiger partial charge in [-0.25, -0.2) is 13.1 Å². The molecular formula is C19H23N3O5S. The van der Waals surface area contributed by atoms with Crippen LogP contribution >= 0.6 is 0 Å². The molecule has 0 radical (unpaired) electrons. The summed E-state index contributed by atoms with van der Waals surface area (Å²) in [4.78, 5) is 12.5. The molecule has 1 N–H and O–H groups in total. The van der Waals surface area contributed by atoms with Gasteiger partial charge in [0, 0.05) is 38.3 Å².